The Morgan fingerprint density at radius 1 is 1.33 bits per heavy atom. The molecule has 1 aromatic heterocycles. The van der Waals surface area contributed by atoms with Gasteiger partial charge in [0.2, 0.25) is 0 Å². The van der Waals surface area contributed by atoms with Crippen LogP contribution >= 0.6 is 11.3 Å². The lowest BCUT2D eigenvalue weighted by Gasteiger charge is -2.20. The zero-order valence-corrected chi connectivity index (χ0v) is 13.0. The first-order chi connectivity index (χ1) is 9.97. The second-order valence-corrected chi connectivity index (χ2v) is 7.76. The fourth-order valence-electron chi connectivity index (χ4n) is 2.47. The molecule has 0 unspecified atom stereocenters. The quantitative estimate of drug-likeness (QED) is 0.790. The number of nitrogens with one attached hydrogen (secondary N) is 3. The largest absolute Gasteiger partial charge is 0.315 e. The molecular formula is C13H15N3O3S2. The number of anilines is 1. The summed E-state index contributed by atoms with van der Waals surface area (Å²) < 4.78 is 27.5. The first-order valence-electron chi connectivity index (χ1n) is 6.51. The Labute approximate surface area is 126 Å². The van der Waals surface area contributed by atoms with Crippen molar-refractivity contribution in [2.45, 2.75) is 24.1 Å². The minimum absolute atomic E-state index is 0.0408. The van der Waals surface area contributed by atoms with Crippen molar-refractivity contribution in [2.75, 3.05) is 11.3 Å². The third-order valence-corrected chi connectivity index (χ3v) is 6.38. The molecule has 2 aromatic rings. The number of hydrogen-bond donors (Lipinski definition) is 3. The van der Waals surface area contributed by atoms with E-state index >= 15 is 0 Å². The molecule has 0 atom stereocenters. The van der Waals surface area contributed by atoms with Gasteiger partial charge in [0.1, 0.15) is 0 Å². The molecule has 2 heterocycles. The van der Waals surface area contributed by atoms with E-state index in [9.17, 15) is 13.2 Å². The van der Waals surface area contributed by atoms with Crippen LogP contribution in [0.25, 0.3) is 0 Å². The molecule has 0 bridgehead atoms. The standard InChI is InChI=1S/C13H15N3O3S2/c1-8-12(20-13(17)15-8)21(18,19)16-11-4-2-3-9-7-14-6-5-10(9)11/h2-4,14,16H,5-7H2,1H3,(H,15,17). The number of aromatic nitrogens is 1. The van der Waals surface area contributed by atoms with Crippen molar-refractivity contribution in [1.29, 1.82) is 0 Å². The average molecular weight is 325 g/mol. The average Bonchev–Trinajstić information content (AvgIpc) is 2.79. The minimum Gasteiger partial charge on any atom is -0.315 e. The number of aryl methyl sites for hydroxylation is 1. The number of H-pyrrole nitrogens is 1. The SMILES string of the molecule is Cc1[nH]c(=O)sc1S(=O)(=O)Nc1cccc2c1CCNC2. The summed E-state index contributed by atoms with van der Waals surface area (Å²) in [5.41, 5.74) is 3.07. The van der Waals surface area contributed by atoms with Crippen molar-refractivity contribution in [3.05, 3.63) is 44.7 Å². The highest BCUT2D eigenvalue weighted by atomic mass is 32.2. The van der Waals surface area contributed by atoms with E-state index in [0.29, 0.717) is 22.7 Å². The lowest BCUT2D eigenvalue weighted by Crippen LogP contribution is -2.25. The molecule has 0 saturated carbocycles. The van der Waals surface area contributed by atoms with E-state index in [1.807, 2.05) is 12.1 Å². The van der Waals surface area contributed by atoms with Gasteiger partial charge in [-0.15, -0.1) is 0 Å². The van der Waals surface area contributed by atoms with E-state index < -0.39 is 10.0 Å². The molecule has 8 heteroatoms. The summed E-state index contributed by atoms with van der Waals surface area (Å²) in [5, 5.41) is 3.25. The van der Waals surface area contributed by atoms with Gasteiger partial charge in [0.15, 0.2) is 4.21 Å². The zero-order valence-electron chi connectivity index (χ0n) is 11.4. The van der Waals surface area contributed by atoms with Crippen LogP contribution in [0.15, 0.2) is 27.2 Å². The van der Waals surface area contributed by atoms with Gasteiger partial charge in [-0.25, -0.2) is 8.42 Å². The molecule has 3 rings (SSSR count). The van der Waals surface area contributed by atoms with Gasteiger partial charge < -0.3 is 10.3 Å². The molecule has 112 valence electrons. The fraction of sp³-hybridized carbons (Fsp3) is 0.308. The molecule has 6 nitrogen and oxygen atoms in total. The van der Waals surface area contributed by atoms with E-state index in [1.54, 1.807) is 13.0 Å². The van der Waals surface area contributed by atoms with Gasteiger partial charge in [-0.05, 0) is 37.1 Å². The van der Waals surface area contributed by atoms with Crippen LogP contribution in [0.4, 0.5) is 5.69 Å². The molecule has 0 spiro atoms. The van der Waals surface area contributed by atoms with Gasteiger partial charge in [-0.2, -0.15) is 0 Å². The summed E-state index contributed by atoms with van der Waals surface area (Å²) >= 11 is 0.704. The molecule has 0 radical (unpaired) electrons. The molecule has 1 aliphatic heterocycles. The van der Waals surface area contributed by atoms with E-state index in [2.05, 4.69) is 15.0 Å². The van der Waals surface area contributed by atoms with Crippen LogP contribution in [0.2, 0.25) is 0 Å². The van der Waals surface area contributed by atoms with Crippen LogP contribution in [0.3, 0.4) is 0 Å². The number of rotatable bonds is 3. The van der Waals surface area contributed by atoms with E-state index in [1.165, 1.54) is 0 Å². The highest BCUT2D eigenvalue weighted by molar-refractivity contribution is 7.94. The summed E-state index contributed by atoms with van der Waals surface area (Å²) in [4.78, 5) is 13.4. The van der Waals surface area contributed by atoms with Gasteiger partial charge in [0.05, 0.1) is 5.69 Å². The molecule has 0 saturated heterocycles. The molecule has 21 heavy (non-hydrogen) atoms. The number of fused-ring (bicyclic) bond motifs is 1. The Hall–Kier alpha value is -1.64. The number of aromatic amines is 1. The topological polar surface area (TPSA) is 91.1 Å². The van der Waals surface area contributed by atoms with Crippen LogP contribution < -0.4 is 14.9 Å². The van der Waals surface area contributed by atoms with Gasteiger partial charge >= 0.3 is 4.87 Å². The first-order valence-corrected chi connectivity index (χ1v) is 8.81. The Morgan fingerprint density at radius 2 is 2.14 bits per heavy atom. The van der Waals surface area contributed by atoms with Gasteiger partial charge in [-0.3, -0.25) is 9.52 Å². The predicted molar refractivity (Wildman–Crippen MR) is 82.3 cm³/mol. The van der Waals surface area contributed by atoms with E-state index in [-0.39, 0.29) is 9.08 Å². The fourth-order valence-corrected chi connectivity index (χ4v) is 4.86. The van der Waals surface area contributed by atoms with Crippen LogP contribution in [-0.2, 0) is 23.0 Å². The van der Waals surface area contributed by atoms with Crippen molar-refractivity contribution in [3.8, 4) is 0 Å². The summed E-state index contributed by atoms with van der Waals surface area (Å²) in [6, 6.07) is 5.57. The summed E-state index contributed by atoms with van der Waals surface area (Å²) in [6.07, 6.45) is 0.774. The molecule has 0 fully saturated rings. The van der Waals surface area contributed by atoms with Crippen molar-refractivity contribution >= 4 is 27.0 Å². The minimum atomic E-state index is -3.74. The maximum Gasteiger partial charge on any atom is 0.306 e. The third kappa shape index (κ3) is 2.74. The number of hydrogen-bond acceptors (Lipinski definition) is 5. The van der Waals surface area contributed by atoms with Crippen molar-refractivity contribution in [1.82, 2.24) is 10.3 Å². The Morgan fingerprint density at radius 3 is 2.86 bits per heavy atom. The van der Waals surface area contributed by atoms with Crippen molar-refractivity contribution < 1.29 is 8.42 Å². The molecule has 0 amide bonds. The van der Waals surface area contributed by atoms with E-state index in [4.69, 9.17) is 0 Å². The third-order valence-electron chi connectivity index (χ3n) is 3.41. The number of sulfonamides is 1. The van der Waals surface area contributed by atoms with Gasteiger partial charge in [0, 0.05) is 12.2 Å². The lowest BCUT2D eigenvalue weighted by molar-refractivity contribution is 0.602. The molecular weight excluding hydrogens is 310 g/mol. The van der Waals surface area contributed by atoms with Crippen LogP contribution in [0, 0.1) is 6.92 Å². The lowest BCUT2D eigenvalue weighted by atomic mass is 9.99. The smallest absolute Gasteiger partial charge is 0.306 e. The Bertz CT molecular complexity index is 837. The van der Waals surface area contributed by atoms with Gasteiger partial charge in [0.25, 0.3) is 10.0 Å². The van der Waals surface area contributed by atoms with E-state index in [0.717, 1.165) is 30.6 Å². The molecule has 0 aliphatic carbocycles. The van der Waals surface area contributed by atoms with Crippen LogP contribution in [0.5, 0.6) is 0 Å². The maximum atomic E-state index is 12.4. The molecule has 1 aromatic carbocycles. The highest BCUT2D eigenvalue weighted by Crippen LogP contribution is 2.26. The second kappa shape index (κ2) is 5.28. The maximum absolute atomic E-state index is 12.4. The second-order valence-electron chi connectivity index (χ2n) is 4.90. The predicted octanol–water partition coefficient (Wildman–Crippen LogP) is 1.19. The van der Waals surface area contributed by atoms with Crippen LogP contribution in [-0.4, -0.2) is 19.9 Å². The normalized spacial score (nSPS) is 14.7. The molecule has 3 N–H and O–H groups in total. The number of thiazole rings is 1. The zero-order chi connectivity index (χ0) is 15.0. The Kier molecular flexibility index (Phi) is 3.60. The Balaban J connectivity index is 2.00. The summed E-state index contributed by atoms with van der Waals surface area (Å²) in [5.74, 6) is 0. The summed E-state index contributed by atoms with van der Waals surface area (Å²) in [6.45, 7) is 3.14. The number of benzene rings is 1. The van der Waals surface area contributed by atoms with Gasteiger partial charge in [-0.1, -0.05) is 23.5 Å². The highest BCUT2D eigenvalue weighted by Gasteiger charge is 2.23. The first kappa shape index (κ1) is 14.3. The van der Waals surface area contributed by atoms with Crippen molar-refractivity contribution in [2.24, 2.45) is 0 Å². The monoisotopic (exact) mass is 325 g/mol. The van der Waals surface area contributed by atoms with Crippen LogP contribution in [0.1, 0.15) is 16.8 Å². The summed E-state index contributed by atoms with van der Waals surface area (Å²) in [7, 11) is -3.74. The molecule has 1 aliphatic rings. The van der Waals surface area contributed by atoms with Crippen molar-refractivity contribution in [3.63, 3.8) is 0 Å².